The number of methoxy groups -OCH3 is 1. The van der Waals surface area contributed by atoms with Gasteiger partial charge in [0.15, 0.2) is 5.82 Å². The molecule has 7 nitrogen and oxygen atoms in total. The third-order valence-electron chi connectivity index (χ3n) is 5.41. The van der Waals surface area contributed by atoms with Gasteiger partial charge in [0.2, 0.25) is 5.78 Å². The fourth-order valence-electron chi connectivity index (χ4n) is 3.78. The molecule has 0 atom stereocenters. The van der Waals surface area contributed by atoms with E-state index in [0.29, 0.717) is 40.4 Å². The lowest BCUT2D eigenvalue weighted by Crippen LogP contribution is -2.24. The van der Waals surface area contributed by atoms with E-state index in [1.165, 1.54) is 13.2 Å². The zero-order valence-corrected chi connectivity index (χ0v) is 17.1. The molecule has 1 N–H and O–H groups in total. The standard InChI is InChI=1S/C24H20N4O3/c1-15-7-9-16(10-8-15)14-27-23(30)18-5-3-4-6-20(18)28-22(25-26-24(27)28)19-12-11-17(31-2)13-21(19)29/h3-13,29H,14H2,1-2H3. The molecule has 5 rings (SSSR count). The van der Waals surface area contributed by atoms with Crippen LogP contribution in [0.15, 0.2) is 71.5 Å². The fourth-order valence-corrected chi connectivity index (χ4v) is 3.78. The summed E-state index contributed by atoms with van der Waals surface area (Å²) in [7, 11) is 1.54. The molecule has 0 bridgehead atoms. The van der Waals surface area contributed by atoms with Crippen LogP contribution in [-0.2, 0) is 6.54 Å². The van der Waals surface area contributed by atoms with Crippen molar-refractivity contribution >= 4 is 16.7 Å². The lowest BCUT2D eigenvalue weighted by atomic mass is 10.1. The zero-order chi connectivity index (χ0) is 21.5. The van der Waals surface area contributed by atoms with E-state index in [2.05, 4.69) is 10.2 Å². The minimum atomic E-state index is -0.137. The monoisotopic (exact) mass is 412 g/mol. The molecule has 0 aliphatic rings. The zero-order valence-electron chi connectivity index (χ0n) is 17.1. The molecule has 0 aliphatic carbocycles. The van der Waals surface area contributed by atoms with E-state index >= 15 is 0 Å². The molecule has 7 heteroatoms. The molecule has 154 valence electrons. The second kappa shape index (κ2) is 7.28. The summed E-state index contributed by atoms with van der Waals surface area (Å²) in [5.41, 5.74) is 3.18. The topological polar surface area (TPSA) is 81.7 Å². The number of fused-ring (bicyclic) bond motifs is 3. The van der Waals surface area contributed by atoms with Gasteiger partial charge in [-0.05, 0) is 36.8 Å². The van der Waals surface area contributed by atoms with Crippen LogP contribution in [0.4, 0.5) is 0 Å². The van der Waals surface area contributed by atoms with Gasteiger partial charge in [0.05, 0.1) is 30.1 Å². The van der Waals surface area contributed by atoms with E-state index in [9.17, 15) is 9.90 Å². The number of hydrogen-bond donors (Lipinski definition) is 1. The molecule has 5 aromatic rings. The van der Waals surface area contributed by atoms with Crippen LogP contribution in [0.5, 0.6) is 11.5 Å². The van der Waals surface area contributed by atoms with Crippen LogP contribution in [0.2, 0.25) is 0 Å². The number of benzene rings is 3. The first-order chi connectivity index (χ1) is 15.1. The quantitative estimate of drug-likeness (QED) is 0.486. The molecule has 0 unspecified atom stereocenters. The number of ether oxygens (including phenoxy) is 1. The van der Waals surface area contributed by atoms with Crippen molar-refractivity contribution in [3.05, 3.63) is 88.2 Å². The minimum Gasteiger partial charge on any atom is -0.507 e. The summed E-state index contributed by atoms with van der Waals surface area (Å²) < 4.78 is 8.61. The summed E-state index contributed by atoms with van der Waals surface area (Å²) >= 11 is 0. The number of aromatic nitrogens is 4. The second-order valence-electron chi connectivity index (χ2n) is 7.44. The fraction of sp³-hybridized carbons (Fsp3) is 0.125. The number of rotatable bonds is 4. The second-order valence-corrected chi connectivity index (χ2v) is 7.44. The van der Waals surface area contributed by atoms with Crippen molar-refractivity contribution in [3.8, 4) is 22.9 Å². The first kappa shape index (κ1) is 18.9. The van der Waals surface area contributed by atoms with E-state index in [4.69, 9.17) is 4.74 Å². The molecule has 31 heavy (non-hydrogen) atoms. The molecular weight excluding hydrogens is 392 g/mol. The van der Waals surface area contributed by atoms with Gasteiger partial charge in [0, 0.05) is 6.07 Å². The summed E-state index contributed by atoms with van der Waals surface area (Å²) in [5, 5.41) is 19.8. The van der Waals surface area contributed by atoms with Crippen molar-refractivity contribution in [1.29, 1.82) is 0 Å². The van der Waals surface area contributed by atoms with Crippen LogP contribution >= 0.6 is 0 Å². The summed E-state index contributed by atoms with van der Waals surface area (Å²) in [5.74, 6) is 1.42. The normalized spacial score (nSPS) is 11.3. The van der Waals surface area contributed by atoms with Crippen LogP contribution < -0.4 is 10.3 Å². The van der Waals surface area contributed by atoms with Gasteiger partial charge in [-0.1, -0.05) is 42.0 Å². The smallest absolute Gasteiger partial charge is 0.263 e. The van der Waals surface area contributed by atoms with E-state index < -0.39 is 0 Å². The Labute approximate surface area is 177 Å². The molecule has 0 saturated carbocycles. The van der Waals surface area contributed by atoms with Crippen molar-refractivity contribution in [1.82, 2.24) is 19.2 Å². The maximum absolute atomic E-state index is 13.3. The van der Waals surface area contributed by atoms with Crippen molar-refractivity contribution in [2.45, 2.75) is 13.5 Å². The lowest BCUT2D eigenvalue weighted by molar-refractivity contribution is 0.408. The van der Waals surface area contributed by atoms with Crippen LogP contribution in [0.25, 0.3) is 28.1 Å². The summed E-state index contributed by atoms with van der Waals surface area (Å²) in [4.78, 5) is 13.3. The minimum absolute atomic E-state index is 0.0222. The summed E-state index contributed by atoms with van der Waals surface area (Å²) in [6.45, 7) is 2.39. The Morgan fingerprint density at radius 3 is 2.52 bits per heavy atom. The van der Waals surface area contributed by atoms with Crippen LogP contribution in [0.3, 0.4) is 0 Å². The molecule has 2 aromatic heterocycles. The van der Waals surface area contributed by atoms with Crippen LogP contribution in [0.1, 0.15) is 11.1 Å². The number of aryl methyl sites for hydroxylation is 1. The highest BCUT2D eigenvalue weighted by molar-refractivity contribution is 5.83. The van der Waals surface area contributed by atoms with Crippen LogP contribution in [-0.4, -0.2) is 31.4 Å². The Balaban J connectivity index is 1.80. The van der Waals surface area contributed by atoms with Crippen LogP contribution in [0, 0.1) is 6.92 Å². The Morgan fingerprint density at radius 1 is 1.00 bits per heavy atom. The van der Waals surface area contributed by atoms with Gasteiger partial charge >= 0.3 is 0 Å². The first-order valence-corrected chi connectivity index (χ1v) is 9.86. The van der Waals surface area contributed by atoms with Gasteiger partial charge < -0.3 is 9.84 Å². The number of phenolic OH excluding ortho intramolecular Hbond substituents is 1. The molecule has 0 saturated heterocycles. The van der Waals surface area contributed by atoms with E-state index in [-0.39, 0.29) is 11.3 Å². The Hall–Kier alpha value is -4.13. The molecule has 2 heterocycles. The largest absolute Gasteiger partial charge is 0.507 e. The maximum Gasteiger partial charge on any atom is 0.263 e. The van der Waals surface area contributed by atoms with Crippen molar-refractivity contribution in [2.24, 2.45) is 0 Å². The predicted octanol–water partition coefficient (Wildman–Crippen LogP) is 3.78. The first-order valence-electron chi connectivity index (χ1n) is 9.86. The summed E-state index contributed by atoms with van der Waals surface area (Å²) in [6, 6.07) is 20.4. The maximum atomic E-state index is 13.3. The molecule has 3 aromatic carbocycles. The molecule has 0 aliphatic heterocycles. The Bertz CT molecular complexity index is 1480. The van der Waals surface area contributed by atoms with Gasteiger partial charge in [-0.25, -0.2) is 0 Å². The number of para-hydroxylation sites is 1. The lowest BCUT2D eigenvalue weighted by Gasteiger charge is -2.12. The van der Waals surface area contributed by atoms with Crippen molar-refractivity contribution in [3.63, 3.8) is 0 Å². The van der Waals surface area contributed by atoms with E-state index in [1.807, 2.05) is 53.8 Å². The van der Waals surface area contributed by atoms with E-state index in [0.717, 1.165) is 11.1 Å². The number of aromatic hydroxyl groups is 1. The summed E-state index contributed by atoms with van der Waals surface area (Å²) in [6.07, 6.45) is 0. The average Bonchev–Trinajstić information content (AvgIpc) is 3.22. The van der Waals surface area contributed by atoms with Crippen molar-refractivity contribution < 1.29 is 9.84 Å². The van der Waals surface area contributed by atoms with Crippen molar-refractivity contribution in [2.75, 3.05) is 7.11 Å². The molecule has 0 spiro atoms. The third-order valence-corrected chi connectivity index (χ3v) is 5.41. The van der Waals surface area contributed by atoms with Gasteiger partial charge in [0.25, 0.3) is 5.56 Å². The molecular formula is C24H20N4O3. The van der Waals surface area contributed by atoms with Gasteiger partial charge in [-0.3, -0.25) is 13.8 Å². The third kappa shape index (κ3) is 3.11. The van der Waals surface area contributed by atoms with Gasteiger partial charge in [-0.15, -0.1) is 10.2 Å². The SMILES string of the molecule is COc1ccc(-c2nnc3n(Cc4ccc(C)cc4)c(=O)c4ccccc4n23)c(O)c1. The number of hydrogen-bond acceptors (Lipinski definition) is 5. The Kier molecular flexibility index (Phi) is 4.43. The molecule has 0 amide bonds. The van der Waals surface area contributed by atoms with Gasteiger partial charge in [0.1, 0.15) is 11.5 Å². The highest BCUT2D eigenvalue weighted by atomic mass is 16.5. The van der Waals surface area contributed by atoms with Gasteiger partial charge in [-0.2, -0.15) is 0 Å². The highest BCUT2D eigenvalue weighted by Gasteiger charge is 2.19. The Morgan fingerprint density at radius 2 is 1.77 bits per heavy atom. The number of phenols is 1. The average molecular weight is 412 g/mol. The number of nitrogens with zero attached hydrogens (tertiary/aromatic N) is 4. The molecule has 0 fully saturated rings. The molecule has 0 radical (unpaired) electrons. The highest BCUT2D eigenvalue weighted by Crippen LogP contribution is 2.32. The predicted molar refractivity (Wildman–Crippen MR) is 119 cm³/mol. The van der Waals surface area contributed by atoms with E-state index in [1.54, 1.807) is 22.8 Å².